The molecule has 0 aromatic heterocycles. The molecule has 3 nitrogen and oxygen atoms in total. The molecular formula is C12H17BrN2O. The van der Waals surface area contributed by atoms with Gasteiger partial charge in [0.05, 0.1) is 12.6 Å². The van der Waals surface area contributed by atoms with Gasteiger partial charge in [-0.25, -0.2) is 0 Å². The lowest BCUT2D eigenvalue weighted by atomic mass is 10.1. The maximum Gasteiger partial charge on any atom is 0.0635 e. The lowest BCUT2D eigenvalue weighted by molar-refractivity contribution is 0.266. The van der Waals surface area contributed by atoms with Crippen molar-refractivity contribution in [1.29, 1.82) is 0 Å². The third kappa shape index (κ3) is 2.10. The van der Waals surface area contributed by atoms with E-state index in [9.17, 15) is 5.11 Å². The van der Waals surface area contributed by atoms with Gasteiger partial charge in [-0.05, 0) is 25.0 Å². The number of rotatable bonds is 3. The number of nitrogens with zero attached hydrogens (tertiary/aromatic N) is 1. The van der Waals surface area contributed by atoms with Crippen molar-refractivity contribution in [2.24, 2.45) is 5.73 Å². The number of hydrogen-bond acceptors (Lipinski definition) is 3. The first-order chi connectivity index (χ1) is 7.77. The highest BCUT2D eigenvalue weighted by Gasteiger charge is 2.25. The molecule has 0 bridgehead atoms. The van der Waals surface area contributed by atoms with Crippen LogP contribution in [0.3, 0.4) is 0 Å². The topological polar surface area (TPSA) is 49.5 Å². The second-order valence-corrected chi connectivity index (χ2v) is 4.97. The zero-order valence-corrected chi connectivity index (χ0v) is 10.8. The maximum atomic E-state index is 9.35. The van der Waals surface area contributed by atoms with Crippen molar-refractivity contribution in [3.8, 4) is 0 Å². The molecule has 1 aromatic rings. The van der Waals surface area contributed by atoms with Crippen LogP contribution in [-0.4, -0.2) is 24.3 Å². The Labute approximate surface area is 104 Å². The van der Waals surface area contributed by atoms with Gasteiger partial charge in [-0.1, -0.05) is 22.0 Å². The number of aliphatic hydroxyl groups is 1. The SMILES string of the molecule is NCc1c(Br)cccc1N1CCCC1CO. The Morgan fingerprint density at radius 3 is 3.00 bits per heavy atom. The van der Waals surface area contributed by atoms with Crippen LogP contribution in [0.1, 0.15) is 18.4 Å². The first-order valence-electron chi connectivity index (χ1n) is 5.63. The highest BCUT2D eigenvalue weighted by Crippen LogP contribution is 2.32. The van der Waals surface area contributed by atoms with Crippen molar-refractivity contribution < 1.29 is 5.11 Å². The normalized spacial score (nSPS) is 20.4. The van der Waals surface area contributed by atoms with E-state index < -0.39 is 0 Å². The van der Waals surface area contributed by atoms with Crippen molar-refractivity contribution in [1.82, 2.24) is 0 Å². The zero-order valence-electron chi connectivity index (χ0n) is 9.19. The molecule has 0 saturated carbocycles. The van der Waals surface area contributed by atoms with Gasteiger partial charge < -0.3 is 15.7 Å². The van der Waals surface area contributed by atoms with Crippen LogP contribution in [0.4, 0.5) is 5.69 Å². The van der Waals surface area contributed by atoms with Crippen molar-refractivity contribution in [2.45, 2.75) is 25.4 Å². The number of hydrogen-bond donors (Lipinski definition) is 2. The number of nitrogens with two attached hydrogens (primary N) is 1. The van der Waals surface area contributed by atoms with Crippen molar-refractivity contribution in [3.63, 3.8) is 0 Å². The Balaban J connectivity index is 2.35. The van der Waals surface area contributed by atoms with Gasteiger partial charge in [0.15, 0.2) is 0 Å². The standard InChI is InChI=1S/C12H17BrN2O/c13-11-4-1-5-12(10(11)7-14)15-6-2-3-9(15)8-16/h1,4-5,9,16H,2-3,6-8,14H2. The van der Waals surface area contributed by atoms with Gasteiger partial charge in [0.1, 0.15) is 0 Å². The van der Waals surface area contributed by atoms with Gasteiger partial charge in [-0.2, -0.15) is 0 Å². The van der Waals surface area contributed by atoms with Crippen LogP contribution in [-0.2, 0) is 6.54 Å². The fourth-order valence-corrected chi connectivity index (χ4v) is 2.88. The van der Waals surface area contributed by atoms with Gasteiger partial charge >= 0.3 is 0 Å². The van der Waals surface area contributed by atoms with Gasteiger partial charge in [0.25, 0.3) is 0 Å². The Kier molecular flexibility index (Phi) is 3.84. The van der Waals surface area contributed by atoms with Crippen molar-refractivity contribution >= 4 is 21.6 Å². The first-order valence-corrected chi connectivity index (χ1v) is 6.42. The second kappa shape index (κ2) is 5.17. The van der Waals surface area contributed by atoms with E-state index in [1.807, 2.05) is 12.1 Å². The van der Waals surface area contributed by atoms with E-state index in [1.54, 1.807) is 0 Å². The summed E-state index contributed by atoms with van der Waals surface area (Å²) in [5, 5.41) is 9.35. The van der Waals surface area contributed by atoms with E-state index in [-0.39, 0.29) is 12.6 Å². The Bertz CT molecular complexity index is 370. The summed E-state index contributed by atoms with van der Waals surface area (Å²) in [4.78, 5) is 2.27. The summed E-state index contributed by atoms with van der Waals surface area (Å²) < 4.78 is 1.05. The van der Waals surface area contributed by atoms with E-state index in [2.05, 4.69) is 26.9 Å². The van der Waals surface area contributed by atoms with E-state index in [1.165, 1.54) is 0 Å². The summed E-state index contributed by atoms with van der Waals surface area (Å²) >= 11 is 3.53. The molecule has 2 rings (SSSR count). The highest BCUT2D eigenvalue weighted by atomic mass is 79.9. The molecule has 3 N–H and O–H groups in total. The summed E-state index contributed by atoms with van der Waals surface area (Å²) in [6, 6.07) is 6.36. The summed E-state index contributed by atoms with van der Waals surface area (Å²) in [6.07, 6.45) is 2.20. The Hall–Kier alpha value is -0.580. The van der Waals surface area contributed by atoms with Gasteiger partial charge in [-0.3, -0.25) is 0 Å². The molecule has 1 saturated heterocycles. The molecule has 16 heavy (non-hydrogen) atoms. The molecule has 1 heterocycles. The number of halogens is 1. The Morgan fingerprint density at radius 1 is 1.50 bits per heavy atom. The lowest BCUT2D eigenvalue weighted by Gasteiger charge is -2.27. The molecule has 4 heteroatoms. The third-order valence-electron chi connectivity index (χ3n) is 3.20. The zero-order chi connectivity index (χ0) is 11.5. The van der Waals surface area contributed by atoms with Crippen LogP contribution in [0.15, 0.2) is 22.7 Å². The smallest absolute Gasteiger partial charge is 0.0635 e. The summed E-state index contributed by atoms with van der Waals surface area (Å²) in [5.41, 5.74) is 8.08. The van der Waals surface area contributed by atoms with E-state index in [0.717, 1.165) is 35.1 Å². The molecular weight excluding hydrogens is 268 g/mol. The molecule has 1 fully saturated rings. The molecule has 0 amide bonds. The van der Waals surface area contributed by atoms with Crippen LogP contribution in [0.2, 0.25) is 0 Å². The van der Waals surface area contributed by atoms with Gasteiger partial charge in [0.2, 0.25) is 0 Å². The highest BCUT2D eigenvalue weighted by molar-refractivity contribution is 9.10. The van der Waals surface area contributed by atoms with Crippen LogP contribution < -0.4 is 10.6 Å². The molecule has 1 aliphatic rings. The minimum Gasteiger partial charge on any atom is -0.394 e. The van der Waals surface area contributed by atoms with Crippen LogP contribution in [0.5, 0.6) is 0 Å². The number of anilines is 1. The lowest BCUT2D eigenvalue weighted by Crippen LogP contribution is -2.33. The largest absolute Gasteiger partial charge is 0.394 e. The predicted octanol–water partition coefficient (Wildman–Crippen LogP) is 1.87. The average molecular weight is 285 g/mol. The van der Waals surface area contributed by atoms with Crippen molar-refractivity contribution in [3.05, 3.63) is 28.2 Å². The second-order valence-electron chi connectivity index (χ2n) is 4.11. The number of aliphatic hydroxyl groups excluding tert-OH is 1. The van der Waals surface area contributed by atoms with Crippen molar-refractivity contribution in [2.75, 3.05) is 18.1 Å². The minimum atomic E-state index is 0.219. The molecule has 88 valence electrons. The molecule has 0 spiro atoms. The quantitative estimate of drug-likeness (QED) is 0.891. The van der Waals surface area contributed by atoms with E-state index >= 15 is 0 Å². The Morgan fingerprint density at radius 2 is 2.31 bits per heavy atom. The monoisotopic (exact) mass is 284 g/mol. The van der Waals surface area contributed by atoms with E-state index in [0.29, 0.717) is 6.54 Å². The molecule has 0 radical (unpaired) electrons. The van der Waals surface area contributed by atoms with Crippen LogP contribution in [0, 0.1) is 0 Å². The molecule has 1 aromatic carbocycles. The minimum absolute atomic E-state index is 0.219. The summed E-state index contributed by atoms with van der Waals surface area (Å²) in [6.45, 7) is 1.75. The van der Waals surface area contributed by atoms with Gasteiger partial charge in [-0.15, -0.1) is 0 Å². The van der Waals surface area contributed by atoms with Crippen LogP contribution in [0.25, 0.3) is 0 Å². The third-order valence-corrected chi connectivity index (χ3v) is 3.94. The average Bonchev–Trinajstić information content (AvgIpc) is 2.76. The molecule has 1 aliphatic heterocycles. The molecule has 1 unspecified atom stereocenters. The molecule has 0 aliphatic carbocycles. The fourth-order valence-electron chi connectivity index (χ4n) is 2.36. The van der Waals surface area contributed by atoms with Crippen LogP contribution >= 0.6 is 15.9 Å². The maximum absolute atomic E-state index is 9.35. The first kappa shape index (κ1) is 11.9. The summed E-state index contributed by atoms with van der Waals surface area (Å²) in [7, 11) is 0. The van der Waals surface area contributed by atoms with Gasteiger partial charge in [0, 0.05) is 28.8 Å². The van der Waals surface area contributed by atoms with E-state index in [4.69, 9.17) is 5.73 Å². The summed E-state index contributed by atoms with van der Waals surface area (Å²) in [5.74, 6) is 0. The number of benzene rings is 1. The predicted molar refractivity (Wildman–Crippen MR) is 69.5 cm³/mol. The molecule has 1 atom stereocenters. The fraction of sp³-hybridized carbons (Fsp3) is 0.500.